The first-order chi connectivity index (χ1) is 12.0. The van der Waals surface area contributed by atoms with Crippen LogP contribution >= 0.6 is 12.4 Å². The predicted octanol–water partition coefficient (Wildman–Crippen LogP) is 5.48. The molecule has 0 amide bonds. The smallest absolute Gasteiger partial charge is 0.274 e. The number of aryl methyl sites for hydroxylation is 2. The van der Waals surface area contributed by atoms with E-state index in [1.54, 1.807) is 25.3 Å². The van der Waals surface area contributed by atoms with Gasteiger partial charge in [0.1, 0.15) is 0 Å². The summed E-state index contributed by atoms with van der Waals surface area (Å²) in [6.07, 6.45) is 1.76. The fraction of sp³-hybridized carbons (Fsp3) is 0.150. The Morgan fingerprint density at radius 3 is 2.38 bits per heavy atom. The zero-order valence-electron chi connectivity index (χ0n) is 14.8. The van der Waals surface area contributed by atoms with Crippen LogP contribution in [0.1, 0.15) is 22.5 Å². The number of hydrogen-bond acceptors (Lipinski definition) is 3. The molecule has 3 rings (SSSR count). The van der Waals surface area contributed by atoms with Crippen LogP contribution in [-0.2, 0) is 0 Å². The number of aliphatic imine (C=N–C) groups is 1. The van der Waals surface area contributed by atoms with Crippen molar-refractivity contribution in [1.82, 2.24) is 4.57 Å². The Morgan fingerprint density at radius 2 is 1.73 bits per heavy atom. The largest absolute Gasteiger partial charge is 0.318 e. The highest BCUT2D eigenvalue weighted by molar-refractivity contribution is 5.85. The normalized spacial score (nSPS) is 10.7. The lowest BCUT2D eigenvalue weighted by Crippen LogP contribution is -1.99. The van der Waals surface area contributed by atoms with Crippen LogP contribution in [0.2, 0.25) is 0 Å². The Labute approximate surface area is 158 Å². The molecule has 0 radical (unpaired) electrons. The van der Waals surface area contributed by atoms with Crippen LogP contribution in [0.25, 0.3) is 5.69 Å². The number of aromatic nitrogens is 1. The van der Waals surface area contributed by atoms with Crippen molar-refractivity contribution in [3.63, 3.8) is 0 Å². The summed E-state index contributed by atoms with van der Waals surface area (Å²) in [5.41, 5.74) is 5.57. The number of para-hydroxylation sites is 1. The number of benzene rings is 2. The maximum Gasteiger partial charge on any atom is 0.274 e. The molecule has 0 fully saturated rings. The standard InChI is InChI=1S/C20H19N3O2.ClH/c1-14-9-10-18(12-20(14)23(24)25)21-13-17-11-15(2)22(16(17)3)19-7-5-4-6-8-19;/h4-13H,1-3H3;1H. The van der Waals surface area contributed by atoms with Gasteiger partial charge in [-0.25, -0.2) is 0 Å². The van der Waals surface area contributed by atoms with Gasteiger partial charge >= 0.3 is 0 Å². The van der Waals surface area contributed by atoms with E-state index in [0.717, 1.165) is 22.6 Å². The first-order valence-electron chi connectivity index (χ1n) is 8.01. The fourth-order valence-electron chi connectivity index (χ4n) is 2.91. The van der Waals surface area contributed by atoms with Gasteiger partial charge in [-0.15, -0.1) is 12.4 Å². The van der Waals surface area contributed by atoms with Gasteiger partial charge in [0.15, 0.2) is 0 Å². The van der Waals surface area contributed by atoms with Crippen LogP contribution in [0.4, 0.5) is 11.4 Å². The van der Waals surface area contributed by atoms with Crippen molar-refractivity contribution in [2.45, 2.75) is 20.8 Å². The minimum Gasteiger partial charge on any atom is -0.318 e. The van der Waals surface area contributed by atoms with E-state index >= 15 is 0 Å². The molecule has 5 nitrogen and oxygen atoms in total. The molecule has 0 unspecified atom stereocenters. The number of nitrogens with zero attached hydrogens (tertiary/aromatic N) is 3. The van der Waals surface area contributed by atoms with E-state index in [0.29, 0.717) is 11.3 Å². The van der Waals surface area contributed by atoms with E-state index in [2.05, 4.69) is 27.8 Å². The molecule has 26 heavy (non-hydrogen) atoms. The van der Waals surface area contributed by atoms with Gasteiger partial charge in [0.05, 0.1) is 10.6 Å². The summed E-state index contributed by atoms with van der Waals surface area (Å²) in [5.74, 6) is 0. The van der Waals surface area contributed by atoms with Crippen molar-refractivity contribution in [1.29, 1.82) is 0 Å². The van der Waals surface area contributed by atoms with Crippen LogP contribution in [-0.4, -0.2) is 15.7 Å². The van der Waals surface area contributed by atoms with Crippen molar-refractivity contribution < 1.29 is 4.92 Å². The van der Waals surface area contributed by atoms with Crippen molar-refractivity contribution in [2.24, 2.45) is 4.99 Å². The van der Waals surface area contributed by atoms with Crippen LogP contribution in [0.3, 0.4) is 0 Å². The summed E-state index contributed by atoms with van der Waals surface area (Å²) in [5, 5.41) is 11.1. The lowest BCUT2D eigenvalue weighted by molar-refractivity contribution is -0.385. The first kappa shape index (κ1) is 19.4. The number of hydrogen-bond donors (Lipinski definition) is 0. The maximum atomic E-state index is 11.1. The van der Waals surface area contributed by atoms with Gasteiger partial charge in [-0.3, -0.25) is 15.1 Å². The molecule has 2 aromatic carbocycles. The third-order valence-electron chi connectivity index (χ3n) is 4.23. The summed E-state index contributed by atoms with van der Waals surface area (Å²) in [6.45, 7) is 5.81. The average Bonchev–Trinajstić information content (AvgIpc) is 2.88. The lowest BCUT2D eigenvalue weighted by atomic mass is 10.2. The molecule has 1 heterocycles. The van der Waals surface area contributed by atoms with E-state index in [1.807, 2.05) is 32.0 Å². The zero-order chi connectivity index (χ0) is 18.0. The zero-order valence-corrected chi connectivity index (χ0v) is 15.7. The Hall–Kier alpha value is -2.92. The number of nitro benzene ring substituents is 1. The third-order valence-corrected chi connectivity index (χ3v) is 4.23. The molecule has 0 aliphatic heterocycles. The van der Waals surface area contributed by atoms with Gasteiger partial charge in [0.25, 0.3) is 5.69 Å². The van der Waals surface area contributed by atoms with Gasteiger partial charge in [-0.2, -0.15) is 0 Å². The fourth-order valence-corrected chi connectivity index (χ4v) is 2.91. The molecule has 1 aromatic heterocycles. The topological polar surface area (TPSA) is 60.4 Å². The summed E-state index contributed by atoms with van der Waals surface area (Å²) >= 11 is 0. The van der Waals surface area contributed by atoms with Gasteiger partial charge in [-0.1, -0.05) is 24.3 Å². The lowest BCUT2D eigenvalue weighted by Gasteiger charge is -2.08. The minimum atomic E-state index is -0.379. The van der Waals surface area contributed by atoms with Crippen LogP contribution < -0.4 is 0 Å². The molecule has 0 saturated heterocycles. The molecule has 0 spiro atoms. The monoisotopic (exact) mass is 369 g/mol. The van der Waals surface area contributed by atoms with E-state index in [9.17, 15) is 10.1 Å². The molecule has 0 bridgehead atoms. The van der Waals surface area contributed by atoms with Gasteiger partial charge in [0, 0.05) is 40.5 Å². The summed E-state index contributed by atoms with van der Waals surface area (Å²) < 4.78 is 2.17. The van der Waals surface area contributed by atoms with E-state index < -0.39 is 0 Å². The summed E-state index contributed by atoms with van der Waals surface area (Å²) in [6, 6.07) is 17.2. The molecule has 6 heteroatoms. The second kappa shape index (κ2) is 7.97. The minimum absolute atomic E-state index is 0. The second-order valence-electron chi connectivity index (χ2n) is 5.98. The number of nitro groups is 1. The van der Waals surface area contributed by atoms with Crippen LogP contribution in [0.5, 0.6) is 0 Å². The Morgan fingerprint density at radius 1 is 1.04 bits per heavy atom. The van der Waals surface area contributed by atoms with Crippen molar-refractivity contribution in [3.05, 3.63) is 87.2 Å². The SMILES string of the molecule is Cc1ccc(N=Cc2cc(C)n(-c3ccccc3)c2C)cc1[N+](=O)[O-].Cl. The van der Waals surface area contributed by atoms with Gasteiger partial charge < -0.3 is 4.57 Å². The third kappa shape index (κ3) is 3.83. The number of halogens is 1. The maximum absolute atomic E-state index is 11.1. The summed E-state index contributed by atoms with van der Waals surface area (Å²) in [4.78, 5) is 15.1. The Balaban J connectivity index is 0.00000243. The van der Waals surface area contributed by atoms with Gasteiger partial charge in [0.2, 0.25) is 0 Å². The molecule has 0 saturated carbocycles. The highest BCUT2D eigenvalue weighted by Crippen LogP contribution is 2.25. The van der Waals surface area contributed by atoms with Crippen molar-refractivity contribution >= 4 is 30.0 Å². The number of rotatable bonds is 4. The Bertz CT molecular complexity index is 963. The molecule has 0 N–H and O–H groups in total. The van der Waals surface area contributed by atoms with E-state index in [-0.39, 0.29) is 23.0 Å². The summed E-state index contributed by atoms with van der Waals surface area (Å²) in [7, 11) is 0. The predicted molar refractivity (Wildman–Crippen MR) is 108 cm³/mol. The molecule has 134 valence electrons. The highest BCUT2D eigenvalue weighted by Gasteiger charge is 2.11. The first-order valence-corrected chi connectivity index (χ1v) is 8.01. The highest BCUT2D eigenvalue weighted by atomic mass is 35.5. The van der Waals surface area contributed by atoms with Crippen molar-refractivity contribution in [3.8, 4) is 5.69 Å². The molecule has 0 aliphatic carbocycles. The average molecular weight is 370 g/mol. The second-order valence-corrected chi connectivity index (χ2v) is 5.98. The van der Waals surface area contributed by atoms with Crippen LogP contribution in [0.15, 0.2) is 59.6 Å². The molecule has 0 atom stereocenters. The molecule has 3 aromatic rings. The van der Waals surface area contributed by atoms with E-state index in [4.69, 9.17) is 0 Å². The quantitative estimate of drug-likeness (QED) is 0.347. The van der Waals surface area contributed by atoms with Crippen LogP contribution in [0, 0.1) is 30.9 Å². The Kier molecular flexibility index (Phi) is 5.95. The molecule has 0 aliphatic rings. The van der Waals surface area contributed by atoms with E-state index in [1.165, 1.54) is 6.07 Å². The van der Waals surface area contributed by atoms with Crippen molar-refractivity contribution in [2.75, 3.05) is 0 Å². The van der Waals surface area contributed by atoms with Gasteiger partial charge in [-0.05, 0) is 45.0 Å². The molecular weight excluding hydrogens is 350 g/mol. The molecular formula is C20H20ClN3O2.